The van der Waals surface area contributed by atoms with E-state index in [-0.39, 0.29) is 0 Å². The number of alkyl halides is 1. The lowest BCUT2D eigenvalue weighted by molar-refractivity contribution is 0.832. The average molecular weight is 278 g/mol. The summed E-state index contributed by atoms with van der Waals surface area (Å²) in [5, 5.41) is 0. The van der Waals surface area contributed by atoms with Gasteiger partial charge in [0.05, 0.1) is 5.88 Å². The van der Waals surface area contributed by atoms with Gasteiger partial charge in [-0.15, -0.1) is 11.6 Å². The molecular formula is C10H14BrClN2. The zero-order chi connectivity index (χ0) is 10.6. The summed E-state index contributed by atoms with van der Waals surface area (Å²) in [6.07, 6.45) is 2.91. The van der Waals surface area contributed by atoms with Crippen LogP contribution in [0.3, 0.4) is 0 Å². The summed E-state index contributed by atoms with van der Waals surface area (Å²) >= 11 is 9.25. The molecule has 0 aromatic carbocycles. The van der Waals surface area contributed by atoms with Crippen molar-refractivity contribution in [1.82, 2.24) is 4.98 Å². The highest BCUT2D eigenvalue weighted by Gasteiger charge is 2.07. The molecule has 0 fully saturated rings. The fourth-order valence-electron chi connectivity index (χ4n) is 1.36. The molecule has 1 aromatic heterocycles. The highest BCUT2D eigenvalue weighted by Crippen LogP contribution is 2.22. The molecule has 14 heavy (non-hydrogen) atoms. The third-order valence-corrected chi connectivity index (χ3v) is 2.70. The molecule has 0 radical (unpaired) electrons. The van der Waals surface area contributed by atoms with Gasteiger partial charge in [-0.3, -0.25) is 0 Å². The zero-order valence-corrected chi connectivity index (χ0v) is 10.8. The van der Waals surface area contributed by atoms with Crippen LogP contribution < -0.4 is 4.90 Å². The number of halogens is 2. The first-order valence-corrected chi connectivity index (χ1v) is 5.93. The van der Waals surface area contributed by atoms with E-state index in [0.717, 1.165) is 28.8 Å². The second-order valence-electron chi connectivity index (χ2n) is 3.19. The van der Waals surface area contributed by atoms with E-state index in [1.54, 1.807) is 6.20 Å². The van der Waals surface area contributed by atoms with Gasteiger partial charge in [0.25, 0.3) is 0 Å². The Morgan fingerprint density at radius 2 is 2.29 bits per heavy atom. The quantitative estimate of drug-likeness (QED) is 0.784. The van der Waals surface area contributed by atoms with E-state index >= 15 is 0 Å². The molecule has 0 amide bonds. The SMILES string of the molecule is CCCN(C)c1ncc(Br)cc1CCl. The van der Waals surface area contributed by atoms with E-state index in [1.165, 1.54) is 0 Å². The van der Waals surface area contributed by atoms with Crippen LogP contribution in [-0.4, -0.2) is 18.6 Å². The van der Waals surface area contributed by atoms with Crippen LogP contribution >= 0.6 is 27.5 Å². The van der Waals surface area contributed by atoms with Gasteiger partial charge in [0.1, 0.15) is 5.82 Å². The monoisotopic (exact) mass is 276 g/mol. The standard InChI is InChI=1S/C10H14BrClN2/c1-3-4-14(2)10-8(6-12)5-9(11)7-13-10/h5,7H,3-4,6H2,1-2H3. The minimum Gasteiger partial charge on any atom is -0.359 e. The molecule has 0 aliphatic heterocycles. The molecule has 0 saturated carbocycles. The summed E-state index contributed by atoms with van der Waals surface area (Å²) < 4.78 is 0.974. The van der Waals surface area contributed by atoms with Gasteiger partial charge >= 0.3 is 0 Å². The Morgan fingerprint density at radius 1 is 1.57 bits per heavy atom. The van der Waals surface area contributed by atoms with Gasteiger partial charge < -0.3 is 4.90 Å². The van der Waals surface area contributed by atoms with E-state index < -0.39 is 0 Å². The average Bonchev–Trinajstić information content (AvgIpc) is 2.17. The Labute approximate surface area is 98.4 Å². The number of aromatic nitrogens is 1. The molecule has 0 saturated heterocycles. The maximum absolute atomic E-state index is 5.86. The predicted molar refractivity (Wildman–Crippen MR) is 65.1 cm³/mol. The van der Waals surface area contributed by atoms with Crippen molar-refractivity contribution >= 4 is 33.3 Å². The summed E-state index contributed by atoms with van der Waals surface area (Å²) in [6, 6.07) is 2.02. The largest absolute Gasteiger partial charge is 0.359 e. The third kappa shape index (κ3) is 2.85. The number of rotatable bonds is 4. The molecule has 1 rings (SSSR count). The Balaban J connectivity index is 2.95. The lowest BCUT2D eigenvalue weighted by Gasteiger charge is -2.19. The molecule has 0 unspecified atom stereocenters. The van der Waals surface area contributed by atoms with Crippen LogP contribution in [0, 0.1) is 0 Å². The van der Waals surface area contributed by atoms with Gasteiger partial charge in [-0.1, -0.05) is 6.92 Å². The highest BCUT2D eigenvalue weighted by atomic mass is 79.9. The minimum absolute atomic E-state index is 0.496. The van der Waals surface area contributed by atoms with Gasteiger partial charge in [-0.2, -0.15) is 0 Å². The third-order valence-electron chi connectivity index (χ3n) is 1.97. The van der Waals surface area contributed by atoms with Crippen LogP contribution in [0.4, 0.5) is 5.82 Å². The van der Waals surface area contributed by atoms with Crippen molar-refractivity contribution in [2.24, 2.45) is 0 Å². The van der Waals surface area contributed by atoms with E-state index in [0.29, 0.717) is 5.88 Å². The van der Waals surface area contributed by atoms with Crippen LogP contribution in [0.1, 0.15) is 18.9 Å². The molecule has 0 spiro atoms. The van der Waals surface area contributed by atoms with Gasteiger partial charge in [0, 0.05) is 29.8 Å². The van der Waals surface area contributed by atoms with Crippen molar-refractivity contribution in [2.75, 3.05) is 18.5 Å². The summed E-state index contributed by atoms with van der Waals surface area (Å²) in [5.41, 5.74) is 1.07. The van der Waals surface area contributed by atoms with Crippen molar-refractivity contribution in [1.29, 1.82) is 0 Å². The molecule has 0 atom stereocenters. The number of anilines is 1. The van der Waals surface area contributed by atoms with Crippen LogP contribution in [0.2, 0.25) is 0 Å². The van der Waals surface area contributed by atoms with Crippen molar-refractivity contribution in [3.05, 3.63) is 22.3 Å². The molecule has 4 heteroatoms. The number of nitrogens with zero attached hydrogens (tertiary/aromatic N) is 2. The lowest BCUT2D eigenvalue weighted by atomic mass is 10.2. The van der Waals surface area contributed by atoms with E-state index in [2.05, 4.69) is 32.7 Å². The van der Waals surface area contributed by atoms with Crippen LogP contribution in [0.5, 0.6) is 0 Å². The van der Waals surface area contributed by atoms with Crippen molar-refractivity contribution in [3.63, 3.8) is 0 Å². The van der Waals surface area contributed by atoms with Gasteiger partial charge in [0.2, 0.25) is 0 Å². The molecule has 0 N–H and O–H groups in total. The molecule has 0 bridgehead atoms. The predicted octanol–water partition coefficient (Wildman–Crippen LogP) is 3.43. The topological polar surface area (TPSA) is 16.1 Å². The lowest BCUT2D eigenvalue weighted by Crippen LogP contribution is -2.20. The molecule has 1 heterocycles. The summed E-state index contributed by atoms with van der Waals surface area (Å²) in [4.78, 5) is 6.49. The summed E-state index contributed by atoms with van der Waals surface area (Å²) in [6.45, 7) is 3.15. The molecular weight excluding hydrogens is 263 g/mol. The number of hydrogen-bond donors (Lipinski definition) is 0. The maximum atomic E-state index is 5.86. The number of hydrogen-bond acceptors (Lipinski definition) is 2. The van der Waals surface area contributed by atoms with Crippen LogP contribution in [-0.2, 0) is 5.88 Å². The summed E-state index contributed by atoms with van der Waals surface area (Å²) in [7, 11) is 2.04. The Bertz CT molecular complexity index is 304. The molecule has 0 aliphatic carbocycles. The van der Waals surface area contributed by atoms with E-state index in [4.69, 9.17) is 11.6 Å². The summed E-state index contributed by atoms with van der Waals surface area (Å²) in [5.74, 6) is 1.47. The van der Waals surface area contributed by atoms with Crippen LogP contribution in [0.25, 0.3) is 0 Å². The zero-order valence-electron chi connectivity index (χ0n) is 8.43. The smallest absolute Gasteiger partial charge is 0.132 e. The Kier molecular flexibility index (Phi) is 4.69. The van der Waals surface area contributed by atoms with Crippen molar-refractivity contribution in [3.8, 4) is 0 Å². The van der Waals surface area contributed by atoms with Gasteiger partial charge in [0.15, 0.2) is 0 Å². The second-order valence-corrected chi connectivity index (χ2v) is 4.37. The first-order valence-electron chi connectivity index (χ1n) is 4.60. The van der Waals surface area contributed by atoms with E-state index in [1.807, 2.05) is 13.1 Å². The van der Waals surface area contributed by atoms with Gasteiger partial charge in [-0.05, 0) is 28.4 Å². The first-order chi connectivity index (χ1) is 6.69. The van der Waals surface area contributed by atoms with Crippen molar-refractivity contribution < 1.29 is 0 Å². The van der Waals surface area contributed by atoms with E-state index in [9.17, 15) is 0 Å². The fourth-order valence-corrected chi connectivity index (χ4v) is 1.93. The first kappa shape index (κ1) is 11.8. The van der Waals surface area contributed by atoms with Crippen LogP contribution in [0.15, 0.2) is 16.7 Å². The van der Waals surface area contributed by atoms with Crippen molar-refractivity contribution in [2.45, 2.75) is 19.2 Å². The Hall–Kier alpha value is -0.280. The molecule has 0 aliphatic rings. The Morgan fingerprint density at radius 3 is 2.86 bits per heavy atom. The molecule has 78 valence electrons. The maximum Gasteiger partial charge on any atom is 0.132 e. The second kappa shape index (κ2) is 5.56. The number of pyridine rings is 1. The normalized spacial score (nSPS) is 10.3. The fraction of sp³-hybridized carbons (Fsp3) is 0.500. The molecule has 1 aromatic rings. The highest BCUT2D eigenvalue weighted by molar-refractivity contribution is 9.10. The minimum atomic E-state index is 0.496. The molecule has 2 nitrogen and oxygen atoms in total. The van der Waals surface area contributed by atoms with Gasteiger partial charge in [-0.25, -0.2) is 4.98 Å².